The van der Waals surface area contributed by atoms with Crippen LogP contribution in [0.4, 0.5) is 0 Å². The minimum Gasteiger partial charge on any atom is -0.349 e. The van der Waals surface area contributed by atoms with Crippen molar-refractivity contribution >= 4 is 5.91 Å². The van der Waals surface area contributed by atoms with E-state index in [-0.39, 0.29) is 5.91 Å². The van der Waals surface area contributed by atoms with E-state index in [1.165, 1.54) is 18.5 Å². The van der Waals surface area contributed by atoms with Gasteiger partial charge in [-0.1, -0.05) is 0 Å². The van der Waals surface area contributed by atoms with E-state index in [1.807, 2.05) is 35.1 Å². The van der Waals surface area contributed by atoms with Gasteiger partial charge in [0.15, 0.2) is 0 Å². The van der Waals surface area contributed by atoms with E-state index in [0.717, 1.165) is 16.7 Å². The number of rotatable bonds is 7. The first-order valence-electron chi connectivity index (χ1n) is 9.99. The summed E-state index contributed by atoms with van der Waals surface area (Å²) in [4.78, 5) is 20.6. The Bertz CT molecular complexity index is 1150. The highest BCUT2D eigenvalue weighted by Crippen LogP contribution is 2.44. The van der Waals surface area contributed by atoms with E-state index in [1.54, 1.807) is 30.9 Å². The Hall–Kier alpha value is -3.81. The zero-order valence-corrected chi connectivity index (χ0v) is 16.3. The van der Waals surface area contributed by atoms with Crippen molar-refractivity contribution in [3.05, 3.63) is 72.7 Å². The van der Waals surface area contributed by atoms with Crippen molar-refractivity contribution in [3.63, 3.8) is 0 Å². The first kappa shape index (κ1) is 18.2. The number of nitrogens with one attached hydrogen (secondary N) is 2. The van der Waals surface area contributed by atoms with Crippen molar-refractivity contribution in [3.8, 4) is 22.4 Å². The van der Waals surface area contributed by atoms with Gasteiger partial charge in [0, 0.05) is 54.1 Å². The van der Waals surface area contributed by atoms with Gasteiger partial charge in [-0.3, -0.25) is 24.5 Å². The van der Waals surface area contributed by atoms with Crippen LogP contribution >= 0.6 is 0 Å². The fourth-order valence-corrected chi connectivity index (χ4v) is 3.59. The zero-order chi connectivity index (χ0) is 20.3. The monoisotopic (exact) mass is 399 g/mol. The van der Waals surface area contributed by atoms with Crippen molar-refractivity contribution in [2.24, 2.45) is 0 Å². The summed E-state index contributed by atoms with van der Waals surface area (Å²) in [6.45, 7) is 1.10. The van der Waals surface area contributed by atoms with Gasteiger partial charge < -0.3 is 5.32 Å². The number of aromatic amines is 1. The van der Waals surface area contributed by atoms with E-state index >= 15 is 0 Å². The molecule has 0 radical (unpaired) electrons. The maximum atomic E-state index is 12.5. The van der Waals surface area contributed by atoms with Crippen LogP contribution < -0.4 is 5.32 Å². The minimum absolute atomic E-state index is 0.183. The fraction of sp³-hybridized carbons (Fsp3) is 0.227. The molecule has 1 saturated carbocycles. The average molecular weight is 399 g/mol. The molecule has 8 nitrogen and oxygen atoms in total. The third-order valence-corrected chi connectivity index (χ3v) is 5.24. The third-order valence-electron chi connectivity index (χ3n) is 5.24. The first-order valence-corrected chi connectivity index (χ1v) is 9.99. The molecule has 4 heterocycles. The van der Waals surface area contributed by atoms with E-state index in [0.29, 0.717) is 30.4 Å². The summed E-state index contributed by atoms with van der Waals surface area (Å²) in [5.41, 5.74) is 5.59. The molecule has 4 aromatic rings. The predicted molar refractivity (Wildman–Crippen MR) is 112 cm³/mol. The lowest BCUT2D eigenvalue weighted by atomic mass is 10.1. The average Bonchev–Trinajstić information content (AvgIpc) is 3.35. The lowest BCUT2D eigenvalue weighted by molar-refractivity contribution is 0.0947. The largest absolute Gasteiger partial charge is 0.349 e. The van der Waals surface area contributed by atoms with Gasteiger partial charge >= 0.3 is 0 Å². The van der Waals surface area contributed by atoms with Crippen molar-refractivity contribution in [1.29, 1.82) is 0 Å². The molecule has 0 atom stereocenters. The van der Waals surface area contributed by atoms with Gasteiger partial charge in [0.1, 0.15) is 5.69 Å². The van der Waals surface area contributed by atoms with Crippen LogP contribution in [0.3, 0.4) is 0 Å². The number of hydrogen-bond acceptors (Lipinski definition) is 5. The van der Waals surface area contributed by atoms with Crippen LogP contribution in [0.15, 0.2) is 61.3 Å². The Morgan fingerprint density at radius 1 is 1.07 bits per heavy atom. The molecule has 1 aliphatic carbocycles. The molecule has 0 saturated heterocycles. The molecule has 2 N–H and O–H groups in total. The lowest BCUT2D eigenvalue weighted by Gasteiger charge is -2.10. The predicted octanol–water partition coefficient (Wildman–Crippen LogP) is 3.04. The van der Waals surface area contributed by atoms with Gasteiger partial charge in [0.05, 0.1) is 18.4 Å². The summed E-state index contributed by atoms with van der Waals surface area (Å²) >= 11 is 0. The number of aromatic nitrogens is 6. The number of H-pyrrole nitrogens is 1. The van der Waals surface area contributed by atoms with Gasteiger partial charge in [-0.25, -0.2) is 0 Å². The maximum Gasteiger partial charge on any atom is 0.269 e. The van der Waals surface area contributed by atoms with Crippen molar-refractivity contribution in [2.75, 3.05) is 6.54 Å². The van der Waals surface area contributed by atoms with Gasteiger partial charge in [-0.05, 0) is 48.7 Å². The second kappa shape index (κ2) is 7.90. The highest BCUT2D eigenvalue weighted by Gasteiger charge is 2.30. The SMILES string of the molecule is O=C(NCCn1ncc(-c2ccncc2)c1C1CC1)c1cc(-c2ccncc2)n[nH]1. The molecular formula is C22H21N7O. The lowest BCUT2D eigenvalue weighted by Crippen LogP contribution is -2.28. The van der Waals surface area contributed by atoms with Gasteiger partial charge in [-0.15, -0.1) is 0 Å². The second-order valence-electron chi connectivity index (χ2n) is 7.34. The molecule has 0 unspecified atom stereocenters. The summed E-state index contributed by atoms with van der Waals surface area (Å²) in [6, 6.07) is 9.47. The molecule has 0 aromatic carbocycles. The van der Waals surface area contributed by atoms with E-state index in [2.05, 4.69) is 30.6 Å². The smallest absolute Gasteiger partial charge is 0.269 e. The molecule has 1 fully saturated rings. The van der Waals surface area contributed by atoms with Gasteiger partial charge in [-0.2, -0.15) is 10.2 Å². The fourth-order valence-electron chi connectivity index (χ4n) is 3.59. The summed E-state index contributed by atoms with van der Waals surface area (Å²) in [5.74, 6) is 0.360. The van der Waals surface area contributed by atoms with Crippen LogP contribution in [-0.4, -0.2) is 42.4 Å². The molecule has 5 rings (SSSR count). The van der Waals surface area contributed by atoms with E-state index in [4.69, 9.17) is 0 Å². The van der Waals surface area contributed by atoms with Crippen LogP contribution in [0.25, 0.3) is 22.4 Å². The normalized spacial score (nSPS) is 13.3. The Kier molecular flexibility index (Phi) is 4.80. The minimum atomic E-state index is -0.183. The number of pyridine rings is 2. The molecule has 0 spiro atoms. The van der Waals surface area contributed by atoms with Crippen LogP contribution in [-0.2, 0) is 6.54 Å². The molecular weight excluding hydrogens is 378 g/mol. The number of nitrogens with zero attached hydrogens (tertiary/aromatic N) is 5. The van der Waals surface area contributed by atoms with Crippen molar-refractivity contribution in [1.82, 2.24) is 35.3 Å². The topological polar surface area (TPSA) is 101 Å². The van der Waals surface area contributed by atoms with Gasteiger partial charge in [0.2, 0.25) is 0 Å². The molecule has 1 amide bonds. The second-order valence-corrected chi connectivity index (χ2v) is 7.34. The van der Waals surface area contributed by atoms with Crippen LogP contribution in [0, 0.1) is 0 Å². The number of hydrogen-bond donors (Lipinski definition) is 2. The molecule has 8 heteroatoms. The highest BCUT2D eigenvalue weighted by molar-refractivity contribution is 5.93. The molecule has 0 bridgehead atoms. The zero-order valence-electron chi connectivity index (χ0n) is 16.3. The summed E-state index contributed by atoms with van der Waals surface area (Å²) in [5, 5.41) is 14.6. The Morgan fingerprint density at radius 3 is 2.47 bits per heavy atom. The van der Waals surface area contributed by atoms with Gasteiger partial charge in [0.25, 0.3) is 5.91 Å². The number of amides is 1. The summed E-state index contributed by atoms with van der Waals surface area (Å²) < 4.78 is 2.02. The standard InChI is InChI=1S/C22H21N7O/c30-22(20-13-19(27-28-20)16-5-9-24-10-6-16)25-11-12-29-21(17-1-2-17)18(14-26-29)15-3-7-23-8-4-15/h3-10,13-14,17H,1-2,11-12H2,(H,25,30)(H,27,28). The molecule has 1 aliphatic rings. The molecule has 30 heavy (non-hydrogen) atoms. The Morgan fingerprint density at radius 2 is 1.77 bits per heavy atom. The van der Waals surface area contributed by atoms with Crippen molar-refractivity contribution < 1.29 is 4.79 Å². The number of carbonyl (C=O) groups excluding carboxylic acids is 1. The maximum absolute atomic E-state index is 12.5. The quantitative estimate of drug-likeness (QED) is 0.497. The third kappa shape index (κ3) is 3.71. The number of carbonyl (C=O) groups is 1. The van der Waals surface area contributed by atoms with Crippen LogP contribution in [0.5, 0.6) is 0 Å². The van der Waals surface area contributed by atoms with E-state index in [9.17, 15) is 4.79 Å². The molecule has 150 valence electrons. The summed E-state index contributed by atoms with van der Waals surface area (Å²) in [7, 11) is 0. The van der Waals surface area contributed by atoms with Crippen molar-refractivity contribution in [2.45, 2.75) is 25.3 Å². The van der Waals surface area contributed by atoms with Crippen LogP contribution in [0.2, 0.25) is 0 Å². The molecule has 4 aromatic heterocycles. The summed E-state index contributed by atoms with van der Waals surface area (Å²) in [6.07, 6.45) is 11.3. The first-order chi connectivity index (χ1) is 14.8. The Balaban J connectivity index is 1.25. The Labute approximate surface area is 173 Å². The van der Waals surface area contributed by atoms with E-state index < -0.39 is 0 Å². The highest BCUT2D eigenvalue weighted by atomic mass is 16.1. The van der Waals surface area contributed by atoms with Crippen LogP contribution in [0.1, 0.15) is 34.9 Å². The molecule has 0 aliphatic heterocycles.